The smallest absolute Gasteiger partial charge is 0.305 e. The maximum atomic E-state index is 14.6. The molecule has 0 radical (unpaired) electrons. The minimum absolute atomic E-state index is 0.00958. The van der Waals surface area contributed by atoms with Gasteiger partial charge in [0, 0.05) is 16.1 Å². The van der Waals surface area contributed by atoms with Gasteiger partial charge in [-0.25, -0.2) is 4.39 Å². The Labute approximate surface area is 224 Å². The Balaban J connectivity index is 1.98. The van der Waals surface area contributed by atoms with Gasteiger partial charge in [-0.1, -0.05) is 56.1 Å². The molecule has 3 N–H and O–H groups in total. The molecule has 37 heavy (non-hydrogen) atoms. The van der Waals surface area contributed by atoms with Crippen LogP contribution < -0.4 is 10.1 Å². The van der Waals surface area contributed by atoms with Crippen molar-refractivity contribution in [3.8, 4) is 11.6 Å². The molecule has 0 aliphatic heterocycles. The zero-order valence-corrected chi connectivity index (χ0v) is 22.3. The zero-order chi connectivity index (χ0) is 27.5. The molecule has 198 valence electrons. The molecule has 11 heteroatoms. The minimum Gasteiger partial charge on any atom is -0.481 e. The molecule has 0 fully saturated rings. The predicted molar refractivity (Wildman–Crippen MR) is 138 cm³/mol. The zero-order valence-electron chi connectivity index (χ0n) is 20.8. The van der Waals surface area contributed by atoms with Gasteiger partial charge in [-0.05, 0) is 48.2 Å². The third-order valence-electron chi connectivity index (χ3n) is 6.12. The van der Waals surface area contributed by atoms with Crippen molar-refractivity contribution in [3.05, 3.63) is 75.7 Å². The number of aliphatic carboxylic acids is 1. The van der Waals surface area contributed by atoms with E-state index in [9.17, 15) is 24.2 Å². The first kappa shape index (κ1) is 28.4. The molecule has 2 aromatic carbocycles. The number of aromatic nitrogens is 2. The van der Waals surface area contributed by atoms with E-state index in [1.54, 1.807) is 19.1 Å². The highest BCUT2D eigenvalue weighted by atomic mass is 35.5. The quantitative estimate of drug-likeness (QED) is 0.326. The number of carboxylic acids is 1. The van der Waals surface area contributed by atoms with Crippen LogP contribution in [0.25, 0.3) is 5.69 Å². The average Bonchev–Trinajstić information content (AvgIpc) is 3.22. The number of amides is 1. The second kappa shape index (κ2) is 11.1. The van der Waals surface area contributed by atoms with E-state index in [0.29, 0.717) is 10.6 Å². The van der Waals surface area contributed by atoms with Crippen LogP contribution in [0.3, 0.4) is 0 Å². The van der Waals surface area contributed by atoms with Gasteiger partial charge < -0.3 is 20.3 Å². The number of ether oxygens (including phenoxy) is 1. The summed E-state index contributed by atoms with van der Waals surface area (Å²) in [5, 5.41) is 27.6. The summed E-state index contributed by atoms with van der Waals surface area (Å²) in [6, 6.07) is 10.6. The van der Waals surface area contributed by atoms with Crippen LogP contribution in [0.2, 0.25) is 10.0 Å². The summed E-state index contributed by atoms with van der Waals surface area (Å²) in [5.41, 5.74) is -1.64. The van der Waals surface area contributed by atoms with Gasteiger partial charge in [0.2, 0.25) is 5.88 Å². The van der Waals surface area contributed by atoms with E-state index >= 15 is 0 Å². The molecule has 0 spiro atoms. The minimum atomic E-state index is -1.27. The first-order chi connectivity index (χ1) is 17.2. The fourth-order valence-electron chi connectivity index (χ4n) is 3.23. The van der Waals surface area contributed by atoms with Gasteiger partial charge in [0.05, 0.1) is 12.5 Å². The van der Waals surface area contributed by atoms with Crippen molar-refractivity contribution >= 4 is 35.1 Å². The first-order valence-electron chi connectivity index (χ1n) is 11.4. The Morgan fingerprint density at radius 3 is 2.43 bits per heavy atom. The van der Waals surface area contributed by atoms with Gasteiger partial charge >= 0.3 is 5.97 Å². The van der Waals surface area contributed by atoms with Crippen LogP contribution in [0.1, 0.15) is 56.2 Å². The average molecular weight is 552 g/mol. The highest BCUT2D eigenvalue weighted by Gasteiger charge is 2.36. The van der Waals surface area contributed by atoms with Gasteiger partial charge in [0.25, 0.3) is 5.91 Å². The van der Waals surface area contributed by atoms with E-state index in [1.807, 2.05) is 20.8 Å². The summed E-state index contributed by atoms with van der Waals surface area (Å²) >= 11 is 12.3. The summed E-state index contributed by atoms with van der Waals surface area (Å²) in [7, 11) is 0. The first-order valence-corrected chi connectivity index (χ1v) is 12.1. The molecule has 0 saturated carbocycles. The topological polar surface area (TPSA) is 114 Å². The SMILES string of the molecule is CC(C)(C)[C@@](C)(O)COc1cc(C(=O)N[C@@H](CC(=O)O)c2cc(Cl)ccc2Cl)nn1-c1ccccc1F. The molecule has 0 unspecified atom stereocenters. The number of rotatable bonds is 9. The standard InChI is InChI=1S/C26H28Cl2FN3O5/c1-25(2,3)26(4,36)14-37-22-12-20(31-32(22)21-8-6-5-7-18(21)29)24(35)30-19(13-23(33)34)16-11-15(27)9-10-17(16)28/h5-12,19,36H,13-14H2,1-4H3,(H,30,35)(H,33,34)/t19-,26-/m0/s1. The van der Waals surface area contributed by atoms with Crippen LogP contribution in [0.5, 0.6) is 5.88 Å². The number of nitrogens with one attached hydrogen (secondary N) is 1. The Bertz CT molecular complexity index is 1300. The number of carbonyl (C=O) groups is 2. The summed E-state index contributed by atoms with van der Waals surface area (Å²) in [5.74, 6) is -2.52. The number of carboxylic acid groups (broad SMARTS) is 1. The summed E-state index contributed by atoms with van der Waals surface area (Å²) < 4.78 is 21.6. The van der Waals surface area contributed by atoms with E-state index in [4.69, 9.17) is 27.9 Å². The number of carbonyl (C=O) groups excluding carboxylic acids is 1. The number of nitrogens with zero attached hydrogens (tertiary/aromatic N) is 2. The second-order valence-electron chi connectivity index (χ2n) is 9.83. The Morgan fingerprint density at radius 1 is 1.14 bits per heavy atom. The fourth-order valence-corrected chi connectivity index (χ4v) is 3.66. The Hall–Kier alpha value is -3.14. The third kappa shape index (κ3) is 6.80. The van der Waals surface area contributed by atoms with E-state index in [1.165, 1.54) is 36.4 Å². The highest BCUT2D eigenvalue weighted by Crippen LogP contribution is 2.32. The lowest BCUT2D eigenvalue weighted by Gasteiger charge is -2.36. The maximum absolute atomic E-state index is 14.6. The monoisotopic (exact) mass is 551 g/mol. The highest BCUT2D eigenvalue weighted by molar-refractivity contribution is 6.33. The molecule has 1 amide bonds. The Kier molecular flexibility index (Phi) is 8.52. The normalized spacial score (nSPS) is 14.1. The van der Waals surface area contributed by atoms with E-state index < -0.39 is 41.2 Å². The van der Waals surface area contributed by atoms with Crippen LogP contribution in [0, 0.1) is 11.2 Å². The molecule has 0 aliphatic carbocycles. The number of hydrogen-bond acceptors (Lipinski definition) is 5. The van der Waals surface area contributed by atoms with Crippen molar-refractivity contribution in [2.75, 3.05) is 6.61 Å². The molecule has 1 aromatic heterocycles. The molecule has 3 rings (SSSR count). The van der Waals surface area contributed by atoms with Crippen LogP contribution in [0.4, 0.5) is 4.39 Å². The van der Waals surface area contributed by atoms with Gasteiger partial charge in [0.1, 0.15) is 23.7 Å². The van der Waals surface area contributed by atoms with Gasteiger partial charge in [-0.15, -0.1) is 0 Å². The van der Waals surface area contributed by atoms with Crippen molar-refractivity contribution in [3.63, 3.8) is 0 Å². The maximum Gasteiger partial charge on any atom is 0.305 e. The lowest BCUT2D eigenvalue weighted by Crippen LogP contribution is -2.45. The Morgan fingerprint density at radius 2 is 1.81 bits per heavy atom. The molecular weight excluding hydrogens is 524 g/mol. The number of para-hydroxylation sites is 1. The van der Waals surface area contributed by atoms with Crippen LogP contribution >= 0.6 is 23.2 Å². The van der Waals surface area contributed by atoms with Crippen molar-refractivity contribution in [2.45, 2.75) is 45.8 Å². The molecule has 3 aromatic rings. The molecule has 2 atom stereocenters. The van der Waals surface area contributed by atoms with Crippen LogP contribution in [0.15, 0.2) is 48.5 Å². The third-order valence-corrected chi connectivity index (χ3v) is 6.70. The lowest BCUT2D eigenvalue weighted by molar-refractivity contribution is -0.137. The number of benzene rings is 2. The van der Waals surface area contributed by atoms with E-state index in [2.05, 4.69) is 10.4 Å². The van der Waals surface area contributed by atoms with Crippen molar-refractivity contribution in [1.29, 1.82) is 0 Å². The fraction of sp³-hybridized carbons (Fsp3) is 0.346. The van der Waals surface area contributed by atoms with Crippen LogP contribution in [-0.2, 0) is 4.79 Å². The summed E-state index contributed by atoms with van der Waals surface area (Å²) in [6.45, 7) is 6.96. The second-order valence-corrected chi connectivity index (χ2v) is 10.7. The predicted octanol–water partition coefficient (Wildman–Crippen LogP) is 5.44. The largest absolute Gasteiger partial charge is 0.481 e. The summed E-state index contributed by atoms with van der Waals surface area (Å²) in [6.07, 6.45) is -0.475. The molecule has 0 aliphatic rings. The molecule has 1 heterocycles. The van der Waals surface area contributed by atoms with E-state index in [0.717, 1.165) is 4.68 Å². The number of aliphatic hydroxyl groups is 1. The molecule has 8 nitrogen and oxygen atoms in total. The molecular formula is C26H28Cl2FN3O5. The molecule has 0 saturated heterocycles. The lowest BCUT2D eigenvalue weighted by atomic mass is 9.78. The van der Waals surface area contributed by atoms with Gasteiger partial charge in [-0.3, -0.25) is 9.59 Å². The van der Waals surface area contributed by atoms with Crippen molar-refractivity contribution in [1.82, 2.24) is 15.1 Å². The van der Waals surface area contributed by atoms with Gasteiger partial charge in [0.15, 0.2) is 5.69 Å². The van der Waals surface area contributed by atoms with Gasteiger partial charge in [-0.2, -0.15) is 9.78 Å². The number of hydrogen-bond donors (Lipinski definition) is 3. The number of halogens is 3. The summed E-state index contributed by atoms with van der Waals surface area (Å²) in [4.78, 5) is 24.7. The van der Waals surface area contributed by atoms with Crippen molar-refractivity contribution < 1.29 is 28.9 Å². The van der Waals surface area contributed by atoms with E-state index in [-0.39, 0.29) is 28.9 Å². The molecule has 0 bridgehead atoms. The van der Waals surface area contributed by atoms with Crippen LogP contribution in [-0.4, -0.2) is 44.1 Å². The van der Waals surface area contributed by atoms with Crippen molar-refractivity contribution in [2.24, 2.45) is 5.41 Å².